The Labute approximate surface area is 134 Å². The van der Waals surface area contributed by atoms with E-state index in [1.165, 1.54) is 15.4 Å². The summed E-state index contributed by atoms with van der Waals surface area (Å²) in [7, 11) is 1.57. The Morgan fingerprint density at radius 3 is 2.91 bits per heavy atom. The van der Waals surface area contributed by atoms with Crippen LogP contribution in [-0.2, 0) is 9.53 Å². The van der Waals surface area contributed by atoms with E-state index in [9.17, 15) is 4.79 Å². The Bertz CT molecular complexity index is 704. The van der Waals surface area contributed by atoms with Crippen molar-refractivity contribution in [1.82, 2.24) is 14.3 Å². The number of hydrogen-bond donors (Lipinski definition) is 0. The molecule has 2 aromatic rings. The number of rotatable bonds is 3. The second-order valence-corrected chi connectivity index (χ2v) is 7.24. The first-order chi connectivity index (χ1) is 10.5. The van der Waals surface area contributed by atoms with Crippen LogP contribution in [0.1, 0.15) is 40.8 Å². The van der Waals surface area contributed by atoms with Crippen molar-refractivity contribution < 1.29 is 9.53 Å². The molecule has 22 heavy (non-hydrogen) atoms. The summed E-state index contributed by atoms with van der Waals surface area (Å²) in [5, 5.41) is 0. The molecule has 1 fully saturated rings. The van der Waals surface area contributed by atoms with Gasteiger partial charge >= 0.3 is 0 Å². The molecule has 1 amide bonds. The smallest absolute Gasteiger partial charge is 0.248 e. The van der Waals surface area contributed by atoms with E-state index < -0.39 is 0 Å². The van der Waals surface area contributed by atoms with Crippen molar-refractivity contribution in [2.24, 2.45) is 0 Å². The minimum absolute atomic E-state index is 0.0814. The Balaban J connectivity index is 1.91. The molecule has 0 unspecified atom stereocenters. The van der Waals surface area contributed by atoms with E-state index in [0.29, 0.717) is 5.92 Å². The summed E-state index contributed by atoms with van der Waals surface area (Å²) in [6.07, 6.45) is 2.13. The second kappa shape index (κ2) is 6.01. The number of aromatic nitrogens is 2. The number of fused-ring (bicyclic) bond motifs is 1. The molecule has 3 heterocycles. The van der Waals surface area contributed by atoms with Crippen molar-refractivity contribution in [1.29, 1.82) is 0 Å². The first-order valence-electron chi connectivity index (χ1n) is 7.74. The average Bonchev–Trinajstić information content (AvgIpc) is 2.98. The number of ether oxygens (including phenoxy) is 1. The van der Waals surface area contributed by atoms with E-state index in [1.807, 2.05) is 16.2 Å². The number of likely N-dealkylation sites (tertiary alicyclic amines) is 1. The summed E-state index contributed by atoms with van der Waals surface area (Å²) in [5.41, 5.74) is 2.44. The molecular weight excluding hydrogens is 298 g/mol. The van der Waals surface area contributed by atoms with E-state index in [4.69, 9.17) is 9.72 Å². The highest BCUT2D eigenvalue weighted by Gasteiger charge is 2.29. The summed E-state index contributed by atoms with van der Waals surface area (Å²) in [4.78, 5) is 21.4. The third kappa shape index (κ3) is 2.54. The molecule has 0 saturated carbocycles. The molecule has 5 nitrogen and oxygen atoms in total. The lowest BCUT2D eigenvalue weighted by Crippen LogP contribution is -2.41. The van der Waals surface area contributed by atoms with Gasteiger partial charge in [-0.25, -0.2) is 4.98 Å². The maximum atomic E-state index is 12.1. The molecule has 0 aromatic carbocycles. The molecule has 1 atom stereocenters. The number of piperidine rings is 1. The second-order valence-electron chi connectivity index (χ2n) is 6.04. The molecule has 0 bridgehead atoms. The number of aryl methyl sites for hydroxylation is 3. The van der Waals surface area contributed by atoms with Gasteiger partial charge in [0.05, 0.1) is 5.69 Å². The molecule has 6 heteroatoms. The maximum absolute atomic E-state index is 12.1. The zero-order valence-electron chi connectivity index (χ0n) is 13.7. The van der Waals surface area contributed by atoms with Crippen LogP contribution < -0.4 is 0 Å². The largest absolute Gasteiger partial charge is 0.375 e. The number of methoxy groups -OCH3 is 1. The lowest BCUT2D eigenvalue weighted by molar-refractivity contribution is -0.136. The fourth-order valence-electron chi connectivity index (χ4n) is 3.31. The van der Waals surface area contributed by atoms with Gasteiger partial charge in [0.15, 0.2) is 0 Å². The van der Waals surface area contributed by atoms with Crippen molar-refractivity contribution in [2.75, 3.05) is 26.8 Å². The lowest BCUT2D eigenvalue weighted by Gasteiger charge is -2.32. The summed E-state index contributed by atoms with van der Waals surface area (Å²) < 4.78 is 7.24. The minimum Gasteiger partial charge on any atom is -0.375 e. The summed E-state index contributed by atoms with van der Waals surface area (Å²) >= 11 is 1.81. The summed E-state index contributed by atoms with van der Waals surface area (Å²) in [5.74, 6) is 1.46. The number of imidazole rings is 1. The van der Waals surface area contributed by atoms with Crippen molar-refractivity contribution >= 4 is 22.1 Å². The molecular formula is C16H23N3O2S. The van der Waals surface area contributed by atoms with Crippen LogP contribution in [0.15, 0.2) is 0 Å². The van der Waals surface area contributed by atoms with Crippen molar-refractivity contribution in [3.05, 3.63) is 22.1 Å². The summed E-state index contributed by atoms with van der Waals surface area (Å²) in [6, 6.07) is 0. The third-order valence-corrected chi connectivity index (χ3v) is 5.74. The van der Waals surface area contributed by atoms with Crippen LogP contribution in [-0.4, -0.2) is 47.0 Å². The Morgan fingerprint density at radius 2 is 2.18 bits per heavy atom. The van der Waals surface area contributed by atoms with Gasteiger partial charge in [0.1, 0.15) is 17.3 Å². The van der Waals surface area contributed by atoms with Gasteiger partial charge in [-0.2, -0.15) is 0 Å². The quantitative estimate of drug-likeness (QED) is 0.873. The number of hydrogen-bond acceptors (Lipinski definition) is 4. The first kappa shape index (κ1) is 15.5. The molecule has 1 aliphatic heterocycles. The van der Waals surface area contributed by atoms with Crippen molar-refractivity contribution in [3.8, 4) is 0 Å². The maximum Gasteiger partial charge on any atom is 0.248 e. The number of carbonyl (C=O) groups excluding carboxylic acids is 1. The average molecular weight is 321 g/mol. The van der Waals surface area contributed by atoms with Crippen LogP contribution in [0.2, 0.25) is 0 Å². The van der Waals surface area contributed by atoms with Crippen LogP contribution in [0.4, 0.5) is 0 Å². The highest BCUT2D eigenvalue weighted by Crippen LogP contribution is 2.34. The Morgan fingerprint density at radius 1 is 1.41 bits per heavy atom. The number of nitrogens with zero attached hydrogens (tertiary/aromatic N) is 3. The van der Waals surface area contributed by atoms with Gasteiger partial charge in [0.2, 0.25) is 5.91 Å². The first-order valence-corrected chi connectivity index (χ1v) is 8.56. The summed E-state index contributed by atoms with van der Waals surface area (Å²) in [6.45, 7) is 8.12. The number of thiazole rings is 1. The van der Waals surface area contributed by atoms with E-state index in [-0.39, 0.29) is 12.5 Å². The highest BCUT2D eigenvalue weighted by molar-refractivity contribution is 7.17. The van der Waals surface area contributed by atoms with E-state index in [2.05, 4.69) is 25.2 Å². The normalized spacial score (nSPS) is 19.1. The van der Waals surface area contributed by atoms with E-state index in [1.54, 1.807) is 7.11 Å². The SMILES string of the molecule is COCC(=O)N1CCC[C@H](c2nc(C)n3c(C)c(C)sc23)C1. The Kier molecular flexibility index (Phi) is 4.23. The Hall–Kier alpha value is -1.40. The lowest BCUT2D eigenvalue weighted by atomic mass is 9.95. The van der Waals surface area contributed by atoms with Gasteiger partial charge in [-0.3, -0.25) is 9.20 Å². The number of carbonyl (C=O) groups is 1. The molecule has 1 aliphatic rings. The van der Waals surface area contributed by atoms with Crippen molar-refractivity contribution in [2.45, 2.75) is 39.5 Å². The molecule has 120 valence electrons. The molecule has 0 radical (unpaired) electrons. The third-order valence-electron chi connectivity index (χ3n) is 4.55. The zero-order valence-corrected chi connectivity index (χ0v) is 14.5. The highest BCUT2D eigenvalue weighted by atomic mass is 32.1. The van der Waals surface area contributed by atoms with Crippen LogP contribution >= 0.6 is 11.3 Å². The molecule has 2 aromatic heterocycles. The topological polar surface area (TPSA) is 46.8 Å². The van der Waals surface area contributed by atoms with Crippen LogP contribution in [0.5, 0.6) is 0 Å². The van der Waals surface area contributed by atoms with Gasteiger partial charge in [0, 0.05) is 36.7 Å². The molecule has 0 N–H and O–H groups in total. The predicted octanol–water partition coefficient (Wildman–Crippen LogP) is 2.67. The van der Waals surface area contributed by atoms with Crippen LogP contribution in [0.3, 0.4) is 0 Å². The van der Waals surface area contributed by atoms with E-state index >= 15 is 0 Å². The molecule has 0 spiro atoms. The minimum atomic E-state index is 0.0814. The van der Waals surface area contributed by atoms with Crippen molar-refractivity contribution in [3.63, 3.8) is 0 Å². The molecule has 3 rings (SSSR count). The van der Waals surface area contributed by atoms with Crippen LogP contribution in [0.25, 0.3) is 4.83 Å². The van der Waals surface area contributed by atoms with Gasteiger partial charge in [-0.1, -0.05) is 0 Å². The molecule has 0 aliphatic carbocycles. The monoisotopic (exact) mass is 321 g/mol. The van der Waals surface area contributed by atoms with E-state index in [0.717, 1.165) is 37.4 Å². The zero-order chi connectivity index (χ0) is 15.9. The van der Waals surface area contributed by atoms with Gasteiger partial charge in [-0.05, 0) is 33.6 Å². The fraction of sp³-hybridized carbons (Fsp3) is 0.625. The fourth-order valence-corrected chi connectivity index (χ4v) is 4.52. The van der Waals surface area contributed by atoms with Gasteiger partial charge < -0.3 is 9.64 Å². The van der Waals surface area contributed by atoms with Crippen LogP contribution in [0, 0.1) is 20.8 Å². The number of amides is 1. The standard InChI is InChI=1S/C16H23N3O2S/c1-10-11(2)22-16-15(17-12(3)19(10)16)13-6-5-7-18(8-13)14(20)9-21-4/h13H,5-9H2,1-4H3/t13-/m0/s1. The van der Waals surface area contributed by atoms with Gasteiger partial charge in [-0.15, -0.1) is 11.3 Å². The van der Waals surface area contributed by atoms with Gasteiger partial charge in [0.25, 0.3) is 0 Å². The predicted molar refractivity (Wildman–Crippen MR) is 87.7 cm³/mol. The molecule has 1 saturated heterocycles.